The zero-order valence-corrected chi connectivity index (χ0v) is 21.2. The van der Waals surface area contributed by atoms with Crippen molar-refractivity contribution in [3.8, 4) is 6.07 Å². The van der Waals surface area contributed by atoms with E-state index < -0.39 is 0 Å². The summed E-state index contributed by atoms with van der Waals surface area (Å²) in [5, 5.41) is 16.5. The molecule has 2 aliphatic heterocycles. The van der Waals surface area contributed by atoms with E-state index in [1.165, 1.54) is 0 Å². The Bertz CT molecular complexity index is 732. The van der Waals surface area contributed by atoms with E-state index in [4.69, 9.17) is 9.73 Å². The van der Waals surface area contributed by atoms with E-state index in [9.17, 15) is 5.26 Å². The summed E-state index contributed by atoms with van der Waals surface area (Å²) in [6.45, 7) is 7.28. The van der Waals surface area contributed by atoms with Crippen LogP contribution in [0, 0.1) is 11.3 Å². The highest BCUT2D eigenvalue weighted by molar-refractivity contribution is 14.0. The van der Waals surface area contributed by atoms with Crippen molar-refractivity contribution in [2.45, 2.75) is 43.4 Å². The second-order valence-corrected chi connectivity index (χ2v) is 9.03. The van der Waals surface area contributed by atoms with Crippen LogP contribution in [0.4, 0.5) is 5.69 Å². The Labute approximate surface area is 202 Å². The number of hydrogen-bond acceptors (Lipinski definition) is 5. The second-order valence-electron chi connectivity index (χ2n) is 7.75. The molecule has 2 saturated heterocycles. The normalized spacial score (nSPS) is 21.3. The number of anilines is 1. The van der Waals surface area contributed by atoms with Gasteiger partial charge in [-0.05, 0) is 51.0 Å². The van der Waals surface area contributed by atoms with Gasteiger partial charge in [-0.15, -0.1) is 24.0 Å². The first-order valence-corrected chi connectivity index (χ1v) is 11.8. The van der Waals surface area contributed by atoms with Crippen LogP contribution in [-0.4, -0.2) is 62.4 Å². The molecule has 0 amide bonds. The molecule has 1 aromatic rings. The van der Waals surface area contributed by atoms with E-state index in [1.54, 1.807) is 0 Å². The molecular formula is C22H34IN5OS. The Morgan fingerprint density at radius 1 is 1.37 bits per heavy atom. The van der Waals surface area contributed by atoms with Gasteiger partial charge < -0.3 is 20.3 Å². The predicted octanol–water partition coefficient (Wildman–Crippen LogP) is 3.61. The zero-order chi connectivity index (χ0) is 20.5. The third kappa shape index (κ3) is 6.66. The lowest BCUT2D eigenvalue weighted by Crippen LogP contribution is -2.51. The van der Waals surface area contributed by atoms with Gasteiger partial charge in [0.05, 0.1) is 17.8 Å². The first kappa shape index (κ1) is 25.1. The van der Waals surface area contributed by atoms with Gasteiger partial charge in [0.1, 0.15) is 6.07 Å². The summed E-state index contributed by atoms with van der Waals surface area (Å²) in [4.78, 5) is 7.28. The molecule has 6 nitrogen and oxygen atoms in total. The number of aliphatic imine (C=N–C) groups is 1. The monoisotopic (exact) mass is 543 g/mol. The zero-order valence-electron chi connectivity index (χ0n) is 18.0. The maximum Gasteiger partial charge on any atom is 0.191 e. The highest BCUT2D eigenvalue weighted by atomic mass is 127. The first-order chi connectivity index (χ1) is 14.2. The minimum Gasteiger partial charge on any atom is -0.381 e. The number of guanidine groups is 1. The first-order valence-electron chi connectivity index (χ1n) is 10.6. The van der Waals surface area contributed by atoms with E-state index >= 15 is 0 Å². The number of para-hydroxylation sites is 1. The highest BCUT2D eigenvalue weighted by Gasteiger charge is 2.32. The number of ether oxygens (including phenoxy) is 1. The van der Waals surface area contributed by atoms with E-state index in [2.05, 4.69) is 34.8 Å². The largest absolute Gasteiger partial charge is 0.381 e. The molecule has 0 saturated carbocycles. The van der Waals surface area contributed by atoms with Crippen molar-refractivity contribution in [2.24, 2.45) is 4.99 Å². The lowest BCUT2D eigenvalue weighted by atomic mass is 9.99. The fraction of sp³-hybridized carbons (Fsp3) is 0.636. The summed E-state index contributed by atoms with van der Waals surface area (Å²) in [7, 11) is 0. The molecule has 0 aliphatic carbocycles. The molecule has 1 unspecified atom stereocenters. The van der Waals surface area contributed by atoms with Gasteiger partial charge in [0, 0.05) is 43.6 Å². The number of nitrogens with zero attached hydrogens (tertiary/aromatic N) is 3. The fourth-order valence-electron chi connectivity index (χ4n) is 4.06. The molecule has 3 rings (SSSR count). The number of rotatable bonds is 6. The number of halogens is 1. The minimum atomic E-state index is 0. The summed E-state index contributed by atoms with van der Waals surface area (Å²) in [6, 6.07) is 10.5. The summed E-state index contributed by atoms with van der Waals surface area (Å²) >= 11 is 1.92. The van der Waals surface area contributed by atoms with Gasteiger partial charge in [-0.2, -0.15) is 17.0 Å². The van der Waals surface area contributed by atoms with E-state index in [0.717, 1.165) is 82.3 Å². The minimum absolute atomic E-state index is 0. The highest BCUT2D eigenvalue weighted by Crippen LogP contribution is 2.34. The van der Waals surface area contributed by atoms with Gasteiger partial charge in [0.25, 0.3) is 0 Å². The Morgan fingerprint density at radius 3 is 2.83 bits per heavy atom. The van der Waals surface area contributed by atoms with Crippen molar-refractivity contribution >= 4 is 47.4 Å². The summed E-state index contributed by atoms with van der Waals surface area (Å²) in [5.74, 6) is 0.896. The third-order valence-electron chi connectivity index (χ3n) is 5.83. The number of benzene rings is 1. The van der Waals surface area contributed by atoms with Gasteiger partial charge in [0.2, 0.25) is 0 Å². The van der Waals surface area contributed by atoms with Gasteiger partial charge in [-0.1, -0.05) is 12.1 Å². The van der Waals surface area contributed by atoms with Crippen LogP contribution < -0.4 is 15.5 Å². The van der Waals surface area contributed by atoms with E-state index in [1.807, 2.05) is 36.0 Å². The molecule has 2 N–H and O–H groups in total. The second kappa shape index (κ2) is 12.6. The Balaban J connectivity index is 0.00000320. The number of nitrogens with one attached hydrogen (secondary N) is 2. The molecule has 30 heavy (non-hydrogen) atoms. The Morgan fingerprint density at radius 2 is 2.13 bits per heavy atom. The lowest BCUT2D eigenvalue weighted by Gasteiger charge is -2.36. The molecule has 0 bridgehead atoms. The molecule has 2 fully saturated rings. The van der Waals surface area contributed by atoms with Gasteiger partial charge >= 0.3 is 0 Å². The fourth-order valence-corrected chi connectivity index (χ4v) is 4.83. The SMILES string of the molecule is CCNC(=NCC1(SC)CCOCC1)NC1CCCN(c2ccccc2C#N)C1.I. The molecule has 8 heteroatoms. The maximum atomic E-state index is 9.44. The summed E-state index contributed by atoms with van der Waals surface area (Å²) < 4.78 is 5.74. The summed E-state index contributed by atoms with van der Waals surface area (Å²) in [6.07, 6.45) is 6.51. The van der Waals surface area contributed by atoms with Crippen LogP contribution in [0.25, 0.3) is 0 Å². The average Bonchev–Trinajstić information content (AvgIpc) is 2.78. The molecule has 2 heterocycles. The van der Waals surface area contributed by atoms with Gasteiger partial charge in [-0.25, -0.2) is 0 Å². The van der Waals surface area contributed by atoms with Crippen molar-refractivity contribution in [1.82, 2.24) is 10.6 Å². The summed E-state index contributed by atoms with van der Waals surface area (Å²) in [5.41, 5.74) is 1.78. The van der Waals surface area contributed by atoms with Crippen LogP contribution in [-0.2, 0) is 4.74 Å². The lowest BCUT2D eigenvalue weighted by molar-refractivity contribution is 0.0794. The number of piperidine rings is 1. The van der Waals surface area contributed by atoms with E-state index in [0.29, 0.717) is 6.04 Å². The van der Waals surface area contributed by atoms with Crippen LogP contribution in [0.1, 0.15) is 38.2 Å². The molecule has 2 aliphatic rings. The number of hydrogen-bond donors (Lipinski definition) is 2. The Kier molecular flexibility index (Phi) is 10.6. The molecule has 0 radical (unpaired) electrons. The van der Waals surface area contributed by atoms with Gasteiger partial charge in [-0.3, -0.25) is 4.99 Å². The van der Waals surface area contributed by atoms with Crippen LogP contribution in [0.15, 0.2) is 29.3 Å². The topological polar surface area (TPSA) is 72.7 Å². The third-order valence-corrected chi connectivity index (χ3v) is 7.24. The molecule has 0 aromatic heterocycles. The standard InChI is InChI=1S/C22H33N5OS.HI/c1-3-24-21(25-17-22(29-2)10-13-28-14-11-22)26-19-8-6-12-27(16-19)20-9-5-4-7-18(20)15-23;/h4-5,7,9,19H,3,6,8,10-14,16-17H2,1-2H3,(H2,24,25,26);1H. The number of nitriles is 1. The Hall–Kier alpha value is -1.18. The van der Waals surface area contributed by atoms with Crippen molar-refractivity contribution in [3.63, 3.8) is 0 Å². The molecule has 166 valence electrons. The van der Waals surface area contributed by atoms with Crippen LogP contribution in [0.5, 0.6) is 0 Å². The van der Waals surface area contributed by atoms with Crippen molar-refractivity contribution in [3.05, 3.63) is 29.8 Å². The van der Waals surface area contributed by atoms with E-state index in [-0.39, 0.29) is 28.7 Å². The van der Waals surface area contributed by atoms with Crippen LogP contribution in [0.2, 0.25) is 0 Å². The van der Waals surface area contributed by atoms with Gasteiger partial charge in [0.15, 0.2) is 5.96 Å². The van der Waals surface area contributed by atoms with Crippen LogP contribution in [0.3, 0.4) is 0 Å². The number of thioether (sulfide) groups is 1. The molecule has 1 atom stereocenters. The predicted molar refractivity (Wildman–Crippen MR) is 137 cm³/mol. The molecule has 0 spiro atoms. The van der Waals surface area contributed by atoms with Crippen molar-refractivity contribution < 1.29 is 4.74 Å². The van der Waals surface area contributed by atoms with Crippen molar-refractivity contribution in [1.29, 1.82) is 5.26 Å². The molecular weight excluding hydrogens is 509 g/mol. The molecule has 1 aromatic carbocycles. The van der Waals surface area contributed by atoms with Crippen LogP contribution >= 0.6 is 35.7 Å². The maximum absolute atomic E-state index is 9.44. The van der Waals surface area contributed by atoms with Crippen molar-refractivity contribution in [2.75, 3.05) is 50.5 Å². The quantitative estimate of drug-likeness (QED) is 0.325. The average molecular weight is 544 g/mol. The smallest absolute Gasteiger partial charge is 0.191 e.